The molecule has 2 aromatic rings. The van der Waals surface area contributed by atoms with Gasteiger partial charge in [-0.25, -0.2) is 0 Å². The Morgan fingerprint density at radius 2 is 2.06 bits per heavy atom. The number of aromatic nitrogens is 2. The SMILES string of the molecule is CNCCc1[nH]nc(-c2ccc(C)c(C)c2)c1Br. The van der Waals surface area contributed by atoms with E-state index in [2.05, 4.69) is 63.5 Å². The summed E-state index contributed by atoms with van der Waals surface area (Å²) in [5, 5.41) is 10.7. The molecule has 0 aliphatic rings. The largest absolute Gasteiger partial charge is 0.319 e. The van der Waals surface area contributed by atoms with Crippen molar-refractivity contribution in [2.75, 3.05) is 13.6 Å². The Morgan fingerprint density at radius 3 is 2.72 bits per heavy atom. The van der Waals surface area contributed by atoms with Crippen LogP contribution < -0.4 is 5.32 Å². The van der Waals surface area contributed by atoms with E-state index in [1.54, 1.807) is 0 Å². The number of benzene rings is 1. The van der Waals surface area contributed by atoms with Crippen LogP contribution in [-0.2, 0) is 6.42 Å². The Kier molecular flexibility index (Phi) is 4.19. The number of likely N-dealkylation sites (N-methyl/N-ethyl adjacent to an activating group) is 1. The standard InChI is InChI=1S/C14H18BrN3/c1-9-4-5-11(8-10(9)2)14-13(15)12(17-18-14)6-7-16-3/h4-5,8,16H,6-7H2,1-3H3,(H,17,18). The van der Waals surface area contributed by atoms with E-state index >= 15 is 0 Å². The second kappa shape index (κ2) is 5.67. The lowest BCUT2D eigenvalue weighted by Gasteiger charge is -2.03. The van der Waals surface area contributed by atoms with E-state index in [0.29, 0.717) is 0 Å². The molecular weight excluding hydrogens is 290 g/mol. The highest BCUT2D eigenvalue weighted by Crippen LogP contribution is 2.30. The summed E-state index contributed by atoms with van der Waals surface area (Å²) < 4.78 is 1.07. The van der Waals surface area contributed by atoms with Gasteiger partial charge in [0.05, 0.1) is 10.2 Å². The van der Waals surface area contributed by atoms with Crippen molar-refractivity contribution in [2.45, 2.75) is 20.3 Å². The first-order chi connectivity index (χ1) is 8.63. The lowest BCUT2D eigenvalue weighted by Crippen LogP contribution is -2.10. The molecule has 0 spiro atoms. The van der Waals surface area contributed by atoms with Gasteiger partial charge in [0.1, 0.15) is 5.69 Å². The zero-order valence-corrected chi connectivity index (χ0v) is 12.6. The van der Waals surface area contributed by atoms with Gasteiger partial charge < -0.3 is 5.32 Å². The van der Waals surface area contributed by atoms with Gasteiger partial charge in [0.2, 0.25) is 0 Å². The van der Waals surface area contributed by atoms with Gasteiger partial charge in [-0.1, -0.05) is 12.1 Å². The first-order valence-electron chi connectivity index (χ1n) is 6.08. The molecule has 4 heteroatoms. The highest BCUT2D eigenvalue weighted by molar-refractivity contribution is 9.10. The van der Waals surface area contributed by atoms with E-state index in [1.165, 1.54) is 11.1 Å². The molecule has 1 aromatic carbocycles. The molecule has 0 bridgehead atoms. The third-order valence-electron chi connectivity index (χ3n) is 3.18. The monoisotopic (exact) mass is 307 g/mol. The summed E-state index contributed by atoms with van der Waals surface area (Å²) in [6, 6.07) is 6.43. The minimum atomic E-state index is 0.938. The summed E-state index contributed by atoms with van der Waals surface area (Å²) in [6.07, 6.45) is 0.939. The predicted octanol–water partition coefficient (Wildman–Crippen LogP) is 3.22. The normalized spacial score (nSPS) is 10.9. The lowest BCUT2D eigenvalue weighted by molar-refractivity contribution is 0.770. The molecule has 96 valence electrons. The van der Waals surface area contributed by atoms with Crippen molar-refractivity contribution < 1.29 is 0 Å². The van der Waals surface area contributed by atoms with Crippen molar-refractivity contribution in [3.05, 3.63) is 39.5 Å². The number of aryl methyl sites for hydroxylation is 2. The van der Waals surface area contributed by atoms with Crippen molar-refractivity contribution in [3.8, 4) is 11.3 Å². The fourth-order valence-corrected chi connectivity index (χ4v) is 2.46. The number of nitrogens with one attached hydrogen (secondary N) is 2. The fourth-order valence-electron chi connectivity index (χ4n) is 1.86. The highest BCUT2D eigenvalue weighted by Gasteiger charge is 2.12. The second-order valence-electron chi connectivity index (χ2n) is 4.52. The van der Waals surface area contributed by atoms with Gasteiger partial charge in [-0.3, -0.25) is 5.10 Å². The van der Waals surface area contributed by atoms with Gasteiger partial charge in [0.25, 0.3) is 0 Å². The van der Waals surface area contributed by atoms with Crippen LogP contribution in [-0.4, -0.2) is 23.8 Å². The van der Waals surface area contributed by atoms with Gasteiger partial charge in [0, 0.05) is 18.5 Å². The van der Waals surface area contributed by atoms with Crippen LogP contribution in [0.4, 0.5) is 0 Å². The summed E-state index contributed by atoms with van der Waals surface area (Å²) in [5.74, 6) is 0. The second-order valence-corrected chi connectivity index (χ2v) is 5.31. The molecule has 0 radical (unpaired) electrons. The molecule has 0 saturated carbocycles. The van der Waals surface area contributed by atoms with Crippen LogP contribution >= 0.6 is 15.9 Å². The molecule has 0 aliphatic heterocycles. The van der Waals surface area contributed by atoms with Crippen molar-refractivity contribution in [3.63, 3.8) is 0 Å². The Labute approximate surface area is 116 Å². The van der Waals surface area contributed by atoms with Crippen LogP contribution in [0.5, 0.6) is 0 Å². The Hall–Kier alpha value is -1.13. The maximum atomic E-state index is 4.41. The van der Waals surface area contributed by atoms with Gasteiger partial charge in [0.15, 0.2) is 0 Å². The summed E-state index contributed by atoms with van der Waals surface area (Å²) in [6.45, 7) is 5.19. The maximum absolute atomic E-state index is 4.41. The molecule has 0 unspecified atom stereocenters. The smallest absolute Gasteiger partial charge is 0.107 e. The van der Waals surface area contributed by atoms with E-state index < -0.39 is 0 Å². The molecule has 2 rings (SSSR count). The van der Waals surface area contributed by atoms with Crippen LogP contribution in [0.1, 0.15) is 16.8 Å². The number of nitrogens with zero attached hydrogens (tertiary/aromatic N) is 1. The highest BCUT2D eigenvalue weighted by atomic mass is 79.9. The van der Waals surface area contributed by atoms with Crippen molar-refractivity contribution in [1.29, 1.82) is 0 Å². The zero-order valence-electron chi connectivity index (χ0n) is 11.0. The van der Waals surface area contributed by atoms with E-state index in [4.69, 9.17) is 0 Å². The molecule has 0 fully saturated rings. The molecule has 0 atom stereocenters. The van der Waals surface area contributed by atoms with E-state index in [-0.39, 0.29) is 0 Å². The predicted molar refractivity (Wildman–Crippen MR) is 78.8 cm³/mol. The van der Waals surface area contributed by atoms with Crippen molar-refractivity contribution >= 4 is 15.9 Å². The molecule has 1 aromatic heterocycles. The maximum Gasteiger partial charge on any atom is 0.107 e. The Balaban J connectivity index is 2.33. The number of aromatic amines is 1. The molecular formula is C14H18BrN3. The molecule has 3 nitrogen and oxygen atoms in total. The van der Waals surface area contributed by atoms with Crippen LogP contribution in [0.15, 0.2) is 22.7 Å². The molecule has 18 heavy (non-hydrogen) atoms. The van der Waals surface area contributed by atoms with Crippen LogP contribution in [0.25, 0.3) is 11.3 Å². The van der Waals surface area contributed by atoms with E-state index in [0.717, 1.165) is 34.4 Å². The number of H-pyrrole nitrogens is 1. The summed E-state index contributed by atoms with van der Waals surface area (Å²) >= 11 is 3.64. The zero-order chi connectivity index (χ0) is 13.1. The number of rotatable bonds is 4. The summed E-state index contributed by atoms with van der Waals surface area (Å²) in [4.78, 5) is 0. The van der Waals surface area contributed by atoms with Crippen LogP contribution in [0.3, 0.4) is 0 Å². The van der Waals surface area contributed by atoms with Crippen molar-refractivity contribution in [2.24, 2.45) is 0 Å². The first-order valence-corrected chi connectivity index (χ1v) is 6.87. The number of halogens is 1. The summed E-state index contributed by atoms with van der Waals surface area (Å²) in [7, 11) is 1.95. The molecule has 0 saturated heterocycles. The van der Waals surface area contributed by atoms with Gasteiger partial charge >= 0.3 is 0 Å². The molecule has 0 aliphatic carbocycles. The van der Waals surface area contributed by atoms with E-state index in [9.17, 15) is 0 Å². The first kappa shape index (κ1) is 13.3. The minimum absolute atomic E-state index is 0.938. The number of hydrogen-bond acceptors (Lipinski definition) is 2. The minimum Gasteiger partial charge on any atom is -0.319 e. The Morgan fingerprint density at radius 1 is 1.28 bits per heavy atom. The summed E-state index contributed by atoms with van der Waals surface area (Å²) in [5.41, 5.74) is 5.87. The average molecular weight is 308 g/mol. The van der Waals surface area contributed by atoms with Gasteiger partial charge in [-0.05, 0) is 54.0 Å². The fraction of sp³-hybridized carbons (Fsp3) is 0.357. The third-order valence-corrected chi connectivity index (χ3v) is 4.04. The van der Waals surface area contributed by atoms with Crippen molar-refractivity contribution in [1.82, 2.24) is 15.5 Å². The lowest BCUT2D eigenvalue weighted by atomic mass is 10.0. The van der Waals surface area contributed by atoms with Gasteiger partial charge in [-0.15, -0.1) is 0 Å². The number of hydrogen-bond donors (Lipinski definition) is 2. The van der Waals surface area contributed by atoms with Gasteiger partial charge in [-0.2, -0.15) is 5.10 Å². The van der Waals surface area contributed by atoms with Crippen LogP contribution in [0.2, 0.25) is 0 Å². The Bertz CT molecular complexity index is 546. The molecule has 1 heterocycles. The van der Waals surface area contributed by atoms with E-state index in [1.807, 2.05) is 7.05 Å². The molecule has 0 amide bonds. The van der Waals surface area contributed by atoms with Crippen LogP contribution in [0, 0.1) is 13.8 Å². The topological polar surface area (TPSA) is 40.7 Å². The quantitative estimate of drug-likeness (QED) is 0.910. The molecule has 2 N–H and O–H groups in total. The third kappa shape index (κ3) is 2.65. The average Bonchev–Trinajstić information content (AvgIpc) is 2.72.